The molecule has 2 aliphatic heterocycles. The van der Waals surface area contributed by atoms with E-state index in [-0.39, 0.29) is 33.5 Å². The minimum absolute atomic E-state index is 0.185. The van der Waals surface area contributed by atoms with Crippen molar-refractivity contribution >= 4 is 28.6 Å². The lowest BCUT2D eigenvalue weighted by molar-refractivity contribution is 0.0392. The molecular weight excluding hydrogens is 461 g/mol. The number of hydrogen-bond donors (Lipinski definition) is 0. The fourth-order valence-corrected chi connectivity index (χ4v) is 4.76. The minimum Gasteiger partial charge on any atom is -0.370 e. The lowest BCUT2D eigenvalue weighted by Crippen LogP contribution is -2.39. The van der Waals surface area contributed by atoms with E-state index >= 15 is 0 Å². The topological polar surface area (TPSA) is 91.0 Å². The van der Waals surface area contributed by atoms with Gasteiger partial charge in [0.05, 0.1) is 19.3 Å². The van der Waals surface area contributed by atoms with Crippen LogP contribution in [-0.2, 0) is 24.8 Å². The first kappa shape index (κ1) is 21.2. The normalized spacial score (nSPS) is 18.0. The summed E-state index contributed by atoms with van der Waals surface area (Å²) in [5.41, 5.74) is 1.71. The van der Waals surface area contributed by atoms with Gasteiger partial charge in [-0.1, -0.05) is 11.6 Å². The standard InChI is InChI=1S/C23H21ClFN7O2/c1-30-11-13(10-26-30)17-12-31(7-8-34-17)23-28-19(15-5-4-14(24)9-16(15)25)20-21(29-23)22(33)32-6-2-3-18(32)27-20/h4-5,9-11,17H,2-3,6-8,12H2,1H3. The van der Waals surface area contributed by atoms with Crippen LogP contribution in [0.5, 0.6) is 0 Å². The van der Waals surface area contributed by atoms with Crippen molar-refractivity contribution in [3.05, 3.63) is 63.2 Å². The van der Waals surface area contributed by atoms with Gasteiger partial charge in [0.1, 0.15) is 29.0 Å². The van der Waals surface area contributed by atoms with Crippen molar-refractivity contribution in [1.29, 1.82) is 0 Å². The number of nitrogens with zero attached hydrogens (tertiary/aromatic N) is 7. The second kappa shape index (κ2) is 8.14. The fourth-order valence-electron chi connectivity index (χ4n) is 4.60. The Labute approximate surface area is 198 Å². The Bertz CT molecular complexity index is 1480. The van der Waals surface area contributed by atoms with E-state index in [4.69, 9.17) is 26.3 Å². The summed E-state index contributed by atoms with van der Waals surface area (Å²) in [6.45, 7) is 2.05. The Hall–Kier alpha value is -3.37. The van der Waals surface area contributed by atoms with Crippen molar-refractivity contribution in [3.63, 3.8) is 0 Å². The molecule has 1 saturated heterocycles. The molecule has 1 unspecified atom stereocenters. The summed E-state index contributed by atoms with van der Waals surface area (Å²) < 4.78 is 24.3. The highest BCUT2D eigenvalue weighted by Crippen LogP contribution is 2.32. The number of anilines is 1. The zero-order valence-electron chi connectivity index (χ0n) is 18.4. The molecule has 4 aromatic rings. The average Bonchev–Trinajstić information content (AvgIpc) is 3.48. The smallest absolute Gasteiger partial charge is 0.280 e. The van der Waals surface area contributed by atoms with Gasteiger partial charge in [-0.15, -0.1) is 0 Å². The zero-order chi connectivity index (χ0) is 23.4. The van der Waals surface area contributed by atoms with Crippen LogP contribution in [0.25, 0.3) is 22.3 Å². The summed E-state index contributed by atoms with van der Waals surface area (Å²) in [6, 6.07) is 4.40. The van der Waals surface area contributed by atoms with Gasteiger partial charge in [-0.25, -0.2) is 19.3 Å². The monoisotopic (exact) mass is 481 g/mol. The first-order chi connectivity index (χ1) is 16.5. The fraction of sp³-hybridized carbons (Fsp3) is 0.348. The Balaban J connectivity index is 1.52. The van der Waals surface area contributed by atoms with Crippen LogP contribution in [0.15, 0.2) is 35.4 Å². The van der Waals surface area contributed by atoms with Gasteiger partial charge in [0, 0.05) is 48.9 Å². The predicted octanol–water partition coefficient (Wildman–Crippen LogP) is 2.90. The van der Waals surface area contributed by atoms with Gasteiger partial charge in [0.2, 0.25) is 5.95 Å². The third-order valence-corrected chi connectivity index (χ3v) is 6.52. The maximum absolute atomic E-state index is 15.0. The van der Waals surface area contributed by atoms with Gasteiger partial charge in [0.15, 0.2) is 5.52 Å². The van der Waals surface area contributed by atoms with Crippen LogP contribution in [0.3, 0.4) is 0 Å². The molecule has 5 heterocycles. The summed E-state index contributed by atoms with van der Waals surface area (Å²) in [4.78, 5) is 29.3. The quantitative estimate of drug-likeness (QED) is 0.444. The van der Waals surface area contributed by atoms with E-state index in [1.54, 1.807) is 27.6 Å². The number of rotatable bonds is 3. The number of benzene rings is 1. The molecule has 0 radical (unpaired) electrons. The lowest BCUT2D eigenvalue weighted by Gasteiger charge is -2.32. The van der Waals surface area contributed by atoms with Crippen molar-refractivity contribution in [2.45, 2.75) is 25.5 Å². The van der Waals surface area contributed by atoms with E-state index in [0.717, 1.165) is 12.0 Å². The highest BCUT2D eigenvalue weighted by Gasteiger charge is 2.28. The summed E-state index contributed by atoms with van der Waals surface area (Å²) in [6.07, 6.45) is 4.97. The molecule has 0 N–H and O–H groups in total. The predicted molar refractivity (Wildman–Crippen MR) is 124 cm³/mol. The molecule has 9 nitrogen and oxygen atoms in total. The third-order valence-electron chi connectivity index (χ3n) is 6.29. The van der Waals surface area contributed by atoms with Crippen molar-refractivity contribution in [2.75, 3.05) is 24.6 Å². The lowest BCUT2D eigenvalue weighted by atomic mass is 10.1. The summed E-state index contributed by atoms with van der Waals surface area (Å²) in [5.74, 6) is 0.482. The molecular formula is C23H21ClFN7O2. The number of aromatic nitrogens is 6. The van der Waals surface area contributed by atoms with E-state index in [1.165, 1.54) is 6.07 Å². The number of hydrogen-bond acceptors (Lipinski definition) is 7. The van der Waals surface area contributed by atoms with E-state index in [1.807, 2.05) is 18.1 Å². The molecule has 11 heteroatoms. The van der Waals surface area contributed by atoms with Gasteiger partial charge in [-0.2, -0.15) is 5.10 Å². The molecule has 174 valence electrons. The van der Waals surface area contributed by atoms with Crippen molar-refractivity contribution in [2.24, 2.45) is 7.05 Å². The van der Waals surface area contributed by atoms with Gasteiger partial charge >= 0.3 is 0 Å². The van der Waals surface area contributed by atoms with Crippen LogP contribution in [0.1, 0.15) is 23.9 Å². The molecule has 6 rings (SSSR count). The van der Waals surface area contributed by atoms with Crippen LogP contribution < -0.4 is 10.5 Å². The van der Waals surface area contributed by atoms with E-state index in [2.05, 4.69) is 10.1 Å². The van der Waals surface area contributed by atoms with Crippen molar-refractivity contribution in [1.82, 2.24) is 29.3 Å². The van der Waals surface area contributed by atoms with Crippen LogP contribution in [0.2, 0.25) is 5.02 Å². The maximum Gasteiger partial charge on any atom is 0.280 e. The van der Waals surface area contributed by atoms with Gasteiger partial charge in [0.25, 0.3) is 5.56 Å². The number of morpholine rings is 1. The molecule has 0 bridgehead atoms. The van der Waals surface area contributed by atoms with E-state index in [0.29, 0.717) is 50.0 Å². The molecule has 0 amide bonds. The van der Waals surface area contributed by atoms with Gasteiger partial charge < -0.3 is 9.64 Å². The van der Waals surface area contributed by atoms with Crippen LogP contribution in [0, 0.1) is 5.82 Å². The SMILES string of the molecule is Cn1cc(C2CN(c3nc(-c4ccc(Cl)cc4F)c4nc5n(c(=O)c4n3)CCC5)CCO2)cn1. The largest absolute Gasteiger partial charge is 0.370 e. The zero-order valence-corrected chi connectivity index (χ0v) is 19.2. The molecule has 2 aliphatic rings. The Morgan fingerprint density at radius 1 is 1.18 bits per heavy atom. The van der Waals surface area contributed by atoms with Crippen LogP contribution >= 0.6 is 11.6 Å². The number of aryl methyl sites for hydroxylation is 2. The first-order valence-corrected chi connectivity index (χ1v) is 11.5. The van der Waals surface area contributed by atoms with Gasteiger partial charge in [-0.05, 0) is 24.6 Å². The summed E-state index contributed by atoms with van der Waals surface area (Å²) >= 11 is 5.98. The minimum atomic E-state index is -0.531. The van der Waals surface area contributed by atoms with Gasteiger partial charge in [-0.3, -0.25) is 14.0 Å². The first-order valence-electron chi connectivity index (χ1n) is 11.1. The van der Waals surface area contributed by atoms with Crippen molar-refractivity contribution in [3.8, 4) is 11.3 Å². The molecule has 0 aliphatic carbocycles. The highest BCUT2D eigenvalue weighted by molar-refractivity contribution is 6.30. The Morgan fingerprint density at radius 2 is 2.06 bits per heavy atom. The molecule has 1 atom stereocenters. The number of ether oxygens (including phenoxy) is 1. The highest BCUT2D eigenvalue weighted by atomic mass is 35.5. The average molecular weight is 482 g/mol. The Morgan fingerprint density at radius 3 is 2.85 bits per heavy atom. The molecule has 1 fully saturated rings. The second-order valence-electron chi connectivity index (χ2n) is 8.53. The van der Waals surface area contributed by atoms with Crippen LogP contribution in [0.4, 0.5) is 10.3 Å². The maximum atomic E-state index is 15.0. The summed E-state index contributed by atoms with van der Waals surface area (Å²) in [7, 11) is 1.85. The third kappa shape index (κ3) is 3.54. The van der Waals surface area contributed by atoms with E-state index < -0.39 is 5.82 Å². The molecule has 3 aromatic heterocycles. The molecule has 0 saturated carbocycles. The summed E-state index contributed by atoms with van der Waals surface area (Å²) in [5, 5.41) is 4.51. The molecule has 0 spiro atoms. The Kier molecular flexibility index (Phi) is 5.07. The van der Waals surface area contributed by atoms with Crippen molar-refractivity contribution < 1.29 is 9.13 Å². The molecule has 34 heavy (non-hydrogen) atoms. The second-order valence-corrected chi connectivity index (χ2v) is 8.97. The van der Waals surface area contributed by atoms with E-state index in [9.17, 15) is 9.18 Å². The van der Waals surface area contributed by atoms with Crippen LogP contribution in [-0.4, -0.2) is 49.0 Å². The molecule has 1 aromatic carbocycles. The number of fused-ring (bicyclic) bond motifs is 2. The number of halogens is 2.